The first-order chi connectivity index (χ1) is 20.7. The van der Waals surface area contributed by atoms with Gasteiger partial charge < -0.3 is 25.8 Å². The van der Waals surface area contributed by atoms with E-state index in [9.17, 15) is 31.9 Å². The molecule has 44 heavy (non-hydrogen) atoms. The van der Waals surface area contributed by atoms with Crippen LogP contribution in [0.5, 0.6) is 0 Å². The minimum Gasteiger partial charge on any atom is -0.367 e. The van der Waals surface area contributed by atoms with Crippen molar-refractivity contribution in [2.75, 3.05) is 56.0 Å². The quantitative estimate of drug-likeness (QED) is 0.379. The van der Waals surface area contributed by atoms with Gasteiger partial charge in [-0.25, -0.2) is 8.78 Å². The van der Waals surface area contributed by atoms with Crippen molar-refractivity contribution in [1.82, 2.24) is 20.4 Å². The molecular weight excluding hydrogens is 611 g/mol. The lowest BCUT2D eigenvalue weighted by molar-refractivity contribution is -0.139. The fourth-order valence-electron chi connectivity index (χ4n) is 5.30. The van der Waals surface area contributed by atoms with E-state index in [-0.39, 0.29) is 42.8 Å². The zero-order chi connectivity index (χ0) is 32.2. The molecule has 0 radical (unpaired) electrons. The number of hydrogen-bond acceptors (Lipinski definition) is 6. The van der Waals surface area contributed by atoms with Crippen LogP contribution in [-0.4, -0.2) is 91.6 Å². The minimum absolute atomic E-state index is 0.127. The second kappa shape index (κ2) is 14.1. The van der Waals surface area contributed by atoms with Gasteiger partial charge in [-0.2, -0.15) is 13.2 Å². The lowest BCUT2D eigenvalue weighted by Crippen LogP contribution is -2.57. The molecule has 0 aromatic heterocycles. The number of nitrogens with zero attached hydrogens (tertiary/aromatic N) is 3. The Balaban J connectivity index is 1.41. The van der Waals surface area contributed by atoms with E-state index in [1.54, 1.807) is 17.9 Å². The average molecular weight is 645 g/mol. The summed E-state index contributed by atoms with van der Waals surface area (Å²) in [4.78, 5) is 42.4. The molecule has 3 N–H and O–H groups in total. The van der Waals surface area contributed by atoms with Crippen LogP contribution in [0.25, 0.3) is 0 Å². The monoisotopic (exact) mass is 644 g/mol. The molecule has 2 heterocycles. The maximum atomic E-state index is 15.1. The first-order valence-corrected chi connectivity index (χ1v) is 14.5. The van der Waals surface area contributed by atoms with E-state index >= 15 is 4.39 Å². The number of benzene rings is 2. The fourth-order valence-corrected chi connectivity index (χ4v) is 5.46. The van der Waals surface area contributed by atoms with Crippen molar-refractivity contribution in [3.05, 3.63) is 58.1 Å². The third-order valence-electron chi connectivity index (χ3n) is 7.79. The van der Waals surface area contributed by atoms with Crippen LogP contribution in [-0.2, 0) is 16.1 Å². The number of hydrogen-bond donors (Lipinski definition) is 3. The highest BCUT2D eigenvalue weighted by molar-refractivity contribution is 6.31. The van der Waals surface area contributed by atoms with Crippen molar-refractivity contribution < 1.29 is 36.3 Å². The van der Waals surface area contributed by atoms with E-state index in [2.05, 4.69) is 16.0 Å². The molecule has 15 heteroatoms. The standard InChI is InChI=1S/C29H34ClF5N6O3/c1-17-15-41(12-11-39(17)9-7-29(33,34)35)24-13-20(30)4-6-22(24)38-27(43)21-5-3-19(25(31)26(21)32)14-37-28(44)23-16-40(18(2)42)10-8-36-23/h3-6,13,17,23,36H,7-12,14-16H2,1-2H3,(H,37,44)(H,38,43)/t17-,23-/m1/s1. The molecular formula is C29H34ClF5N6O3. The molecule has 2 aromatic carbocycles. The minimum atomic E-state index is -4.26. The number of piperazine rings is 2. The summed E-state index contributed by atoms with van der Waals surface area (Å²) >= 11 is 6.20. The van der Waals surface area contributed by atoms with Crippen molar-refractivity contribution in [2.45, 2.75) is 45.1 Å². The topological polar surface area (TPSA) is 97.0 Å². The lowest BCUT2D eigenvalue weighted by Gasteiger charge is -2.41. The second-order valence-corrected chi connectivity index (χ2v) is 11.3. The van der Waals surface area contributed by atoms with E-state index < -0.39 is 47.7 Å². The van der Waals surface area contributed by atoms with Crippen molar-refractivity contribution in [1.29, 1.82) is 0 Å². The highest BCUT2D eigenvalue weighted by Crippen LogP contribution is 2.32. The molecule has 2 aliphatic rings. The molecule has 2 atom stereocenters. The Morgan fingerprint density at radius 1 is 1.05 bits per heavy atom. The molecule has 0 bridgehead atoms. The number of rotatable bonds is 8. The predicted molar refractivity (Wildman–Crippen MR) is 156 cm³/mol. The Kier molecular flexibility index (Phi) is 10.7. The van der Waals surface area contributed by atoms with Crippen LogP contribution in [0.3, 0.4) is 0 Å². The summed E-state index contributed by atoms with van der Waals surface area (Å²) < 4.78 is 68.2. The lowest BCUT2D eigenvalue weighted by atomic mass is 10.1. The molecule has 0 unspecified atom stereocenters. The second-order valence-electron chi connectivity index (χ2n) is 10.9. The first-order valence-electron chi connectivity index (χ1n) is 14.1. The summed E-state index contributed by atoms with van der Waals surface area (Å²) in [5.74, 6) is -4.26. The predicted octanol–water partition coefficient (Wildman–Crippen LogP) is 3.77. The van der Waals surface area contributed by atoms with Crippen LogP contribution in [0, 0.1) is 11.6 Å². The third kappa shape index (κ3) is 8.36. The van der Waals surface area contributed by atoms with Gasteiger partial charge in [-0.1, -0.05) is 17.7 Å². The van der Waals surface area contributed by atoms with Gasteiger partial charge in [-0.15, -0.1) is 0 Å². The number of carbonyl (C=O) groups is 3. The fraction of sp³-hybridized carbons (Fsp3) is 0.483. The number of halogens is 6. The first kappa shape index (κ1) is 33.4. The van der Waals surface area contributed by atoms with Crippen LogP contribution in [0.4, 0.5) is 33.3 Å². The zero-order valence-corrected chi connectivity index (χ0v) is 25.0. The Morgan fingerprint density at radius 3 is 2.48 bits per heavy atom. The van der Waals surface area contributed by atoms with Gasteiger partial charge in [0.25, 0.3) is 5.91 Å². The van der Waals surface area contributed by atoms with Gasteiger partial charge in [-0.05, 0) is 31.2 Å². The Morgan fingerprint density at radius 2 is 1.80 bits per heavy atom. The van der Waals surface area contributed by atoms with E-state index in [4.69, 9.17) is 11.6 Å². The molecule has 2 aliphatic heterocycles. The third-order valence-corrected chi connectivity index (χ3v) is 8.03. The van der Waals surface area contributed by atoms with Gasteiger partial charge >= 0.3 is 6.18 Å². The van der Waals surface area contributed by atoms with Gasteiger partial charge in [-0.3, -0.25) is 19.3 Å². The Hall–Kier alpha value is -3.49. The van der Waals surface area contributed by atoms with Crippen LogP contribution < -0.4 is 20.9 Å². The van der Waals surface area contributed by atoms with E-state index in [1.165, 1.54) is 30.0 Å². The van der Waals surface area contributed by atoms with Gasteiger partial charge in [0.05, 0.1) is 23.4 Å². The summed E-state index contributed by atoms with van der Waals surface area (Å²) in [6.07, 6.45) is -5.17. The highest BCUT2D eigenvalue weighted by atomic mass is 35.5. The number of alkyl halides is 3. The highest BCUT2D eigenvalue weighted by Gasteiger charge is 2.32. The largest absolute Gasteiger partial charge is 0.390 e. The molecule has 2 saturated heterocycles. The smallest absolute Gasteiger partial charge is 0.367 e. The van der Waals surface area contributed by atoms with E-state index in [1.807, 2.05) is 4.90 Å². The van der Waals surface area contributed by atoms with Crippen molar-refractivity contribution in [2.24, 2.45) is 0 Å². The average Bonchev–Trinajstić information content (AvgIpc) is 2.97. The Labute approximate surface area is 256 Å². The molecule has 0 aliphatic carbocycles. The van der Waals surface area contributed by atoms with Crippen LogP contribution in [0.2, 0.25) is 5.02 Å². The summed E-state index contributed by atoms with van der Waals surface area (Å²) in [5.41, 5.74) is 0.0326. The molecule has 0 saturated carbocycles. The maximum absolute atomic E-state index is 15.1. The summed E-state index contributed by atoms with van der Waals surface area (Å²) in [5, 5.41) is 8.46. The molecule has 0 spiro atoms. The normalized spacial score (nSPS) is 19.5. The molecule has 4 rings (SSSR count). The van der Waals surface area contributed by atoms with Gasteiger partial charge in [0.2, 0.25) is 11.8 Å². The maximum Gasteiger partial charge on any atom is 0.390 e. The number of amides is 3. The Bertz CT molecular complexity index is 1390. The summed E-state index contributed by atoms with van der Waals surface area (Å²) in [6.45, 7) is 4.83. The zero-order valence-electron chi connectivity index (χ0n) is 24.2. The number of carbonyl (C=O) groups excluding carboxylic acids is 3. The molecule has 2 fully saturated rings. The summed E-state index contributed by atoms with van der Waals surface area (Å²) in [7, 11) is 0. The summed E-state index contributed by atoms with van der Waals surface area (Å²) in [6, 6.07) is 6.01. The molecule has 240 valence electrons. The van der Waals surface area contributed by atoms with Gasteiger partial charge in [0.15, 0.2) is 11.6 Å². The van der Waals surface area contributed by atoms with Crippen LogP contribution in [0.15, 0.2) is 30.3 Å². The number of anilines is 2. The van der Waals surface area contributed by atoms with E-state index in [0.717, 1.165) is 6.07 Å². The molecule has 9 nitrogen and oxygen atoms in total. The van der Waals surface area contributed by atoms with Gasteiger partial charge in [0.1, 0.15) is 6.04 Å². The van der Waals surface area contributed by atoms with Crippen LogP contribution >= 0.6 is 11.6 Å². The van der Waals surface area contributed by atoms with Crippen molar-refractivity contribution in [3.8, 4) is 0 Å². The van der Waals surface area contributed by atoms with E-state index in [0.29, 0.717) is 43.4 Å². The van der Waals surface area contributed by atoms with Gasteiger partial charge in [0, 0.05) is 75.9 Å². The molecule has 2 aromatic rings. The van der Waals surface area contributed by atoms with Crippen LogP contribution in [0.1, 0.15) is 36.2 Å². The van der Waals surface area contributed by atoms with Crippen molar-refractivity contribution in [3.63, 3.8) is 0 Å². The molecule has 3 amide bonds. The number of nitrogens with one attached hydrogen (secondary N) is 3. The SMILES string of the molecule is CC(=O)N1CCN[C@@H](C(=O)NCc2ccc(C(=O)Nc3ccc(Cl)cc3N3CCN(CCC(F)(F)F)[C@H](C)C3)c(F)c2F)C1. The van der Waals surface area contributed by atoms with Crippen molar-refractivity contribution >= 4 is 40.7 Å².